The molecular formula is C9H12N2O4. The minimum atomic E-state index is -1.07. The number of carbonyl (C=O) groups is 2. The van der Waals surface area contributed by atoms with Crippen molar-refractivity contribution in [2.75, 3.05) is 0 Å². The van der Waals surface area contributed by atoms with Gasteiger partial charge in [0, 0.05) is 5.56 Å². The minimum absolute atomic E-state index is 0.0506. The summed E-state index contributed by atoms with van der Waals surface area (Å²) in [6.45, 7) is 3.33. The zero-order valence-electron chi connectivity index (χ0n) is 8.48. The summed E-state index contributed by atoms with van der Waals surface area (Å²) in [5.74, 6) is -1.57. The van der Waals surface area contributed by atoms with Gasteiger partial charge in [0.2, 0.25) is 5.76 Å². The van der Waals surface area contributed by atoms with Gasteiger partial charge < -0.3 is 14.9 Å². The second-order valence-corrected chi connectivity index (χ2v) is 3.11. The minimum Gasteiger partial charge on any atom is -0.480 e. The standard InChI is InChI=1S/C9H12N2O4/c1-3-6(9(13)14)11-8(12)7-5(2)4-10-15-7/h4,6H,3H2,1-2H3,(H,11,12)(H,13,14)/t6-/m0/s1. The second-order valence-electron chi connectivity index (χ2n) is 3.11. The number of carboxylic acid groups (broad SMARTS) is 1. The lowest BCUT2D eigenvalue weighted by atomic mass is 10.2. The summed E-state index contributed by atoms with van der Waals surface area (Å²) in [6, 6.07) is -0.901. The predicted octanol–water partition coefficient (Wildman–Crippen LogP) is 0.576. The topological polar surface area (TPSA) is 92.4 Å². The van der Waals surface area contributed by atoms with Crippen LogP contribution in [-0.2, 0) is 4.79 Å². The van der Waals surface area contributed by atoms with Crippen LogP contribution in [-0.4, -0.2) is 28.2 Å². The zero-order valence-corrected chi connectivity index (χ0v) is 8.48. The fourth-order valence-corrected chi connectivity index (χ4v) is 1.07. The maximum absolute atomic E-state index is 11.5. The van der Waals surface area contributed by atoms with Gasteiger partial charge in [-0.05, 0) is 13.3 Å². The molecule has 0 aliphatic carbocycles. The van der Waals surface area contributed by atoms with Crippen LogP contribution in [0.5, 0.6) is 0 Å². The molecule has 0 unspecified atom stereocenters. The average molecular weight is 212 g/mol. The van der Waals surface area contributed by atoms with Crippen LogP contribution in [0.2, 0.25) is 0 Å². The Morgan fingerprint density at radius 1 is 1.67 bits per heavy atom. The molecule has 0 aromatic carbocycles. The molecule has 1 aromatic heterocycles. The van der Waals surface area contributed by atoms with Crippen LogP contribution in [0.15, 0.2) is 10.7 Å². The van der Waals surface area contributed by atoms with Gasteiger partial charge in [-0.3, -0.25) is 4.79 Å². The number of rotatable bonds is 4. The third-order valence-electron chi connectivity index (χ3n) is 1.97. The van der Waals surface area contributed by atoms with E-state index in [1.807, 2.05) is 0 Å². The van der Waals surface area contributed by atoms with E-state index in [0.717, 1.165) is 0 Å². The van der Waals surface area contributed by atoms with Crippen molar-refractivity contribution in [2.24, 2.45) is 0 Å². The summed E-state index contributed by atoms with van der Waals surface area (Å²) < 4.78 is 4.70. The highest BCUT2D eigenvalue weighted by Gasteiger charge is 2.21. The molecule has 0 spiro atoms. The lowest BCUT2D eigenvalue weighted by Crippen LogP contribution is -2.40. The number of hydrogen-bond donors (Lipinski definition) is 2. The number of carbonyl (C=O) groups excluding carboxylic acids is 1. The summed E-state index contributed by atoms with van der Waals surface area (Å²) in [6.07, 6.45) is 1.71. The quantitative estimate of drug-likeness (QED) is 0.761. The molecule has 0 bridgehead atoms. The van der Waals surface area contributed by atoms with Crippen LogP contribution in [0.3, 0.4) is 0 Å². The van der Waals surface area contributed by atoms with E-state index in [2.05, 4.69) is 10.5 Å². The molecule has 6 nitrogen and oxygen atoms in total. The fourth-order valence-electron chi connectivity index (χ4n) is 1.07. The molecule has 0 saturated heterocycles. The highest BCUT2D eigenvalue weighted by Crippen LogP contribution is 2.06. The third kappa shape index (κ3) is 2.55. The molecular weight excluding hydrogens is 200 g/mol. The summed E-state index contributed by atoms with van der Waals surface area (Å²) >= 11 is 0. The predicted molar refractivity (Wildman–Crippen MR) is 50.4 cm³/mol. The number of nitrogens with one attached hydrogen (secondary N) is 1. The van der Waals surface area contributed by atoms with Crippen LogP contribution in [0.25, 0.3) is 0 Å². The first-order valence-corrected chi connectivity index (χ1v) is 4.51. The van der Waals surface area contributed by atoms with E-state index >= 15 is 0 Å². The van der Waals surface area contributed by atoms with Gasteiger partial charge in [0.15, 0.2) is 0 Å². The van der Waals surface area contributed by atoms with Gasteiger partial charge in [0.25, 0.3) is 5.91 Å². The van der Waals surface area contributed by atoms with Crippen molar-refractivity contribution in [1.29, 1.82) is 0 Å². The molecule has 1 heterocycles. The molecule has 0 aliphatic heterocycles. The first-order chi connectivity index (χ1) is 7.06. The van der Waals surface area contributed by atoms with E-state index in [0.29, 0.717) is 12.0 Å². The van der Waals surface area contributed by atoms with E-state index in [1.165, 1.54) is 6.20 Å². The van der Waals surface area contributed by atoms with Gasteiger partial charge in [-0.1, -0.05) is 12.1 Å². The maximum atomic E-state index is 11.5. The molecule has 15 heavy (non-hydrogen) atoms. The molecule has 6 heteroatoms. The summed E-state index contributed by atoms with van der Waals surface area (Å²) in [7, 11) is 0. The van der Waals surface area contributed by atoms with E-state index in [4.69, 9.17) is 9.63 Å². The first kappa shape index (κ1) is 11.2. The SMILES string of the molecule is CC[C@H](NC(=O)c1oncc1C)C(=O)O. The van der Waals surface area contributed by atoms with Crippen molar-refractivity contribution in [3.05, 3.63) is 17.5 Å². The fraction of sp³-hybridized carbons (Fsp3) is 0.444. The van der Waals surface area contributed by atoms with Crippen molar-refractivity contribution in [2.45, 2.75) is 26.3 Å². The summed E-state index contributed by atoms with van der Waals surface area (Å²) in [5, 5.41) is 14.5. The number of nitrogens with zero attached hydrogens (tertiary/aromatic N) is 1. The molecule has 0 radical (unpaired) electrons. The summed E-state index contributed by atoms with van der Waals surface area (Å²) in [5.41, 5.74) is 0.577. The molecule has 1 atom stereocenters. The molecule has 0 saturated carbocycles. The molecule has 82 valence electrons. The molecule has 1 rings (SSSR count). The first-order valence-electron chi connectivity index (χ1n) is 4.51. The van der Waals surface area contributed by atoms with Crippen LogP contribution in [0.1, 0.15) is 29.5 Å². The molecule has 2 N–H and O–H groups in total. The monoisotopic (exact) mass is 212 g/mol. The Morgan fingerprint density at radius 3 is 2.73 bits per heavy atom. The number of aryl methyl sites for hydroxylation is 1. The van der Waals surface area contributed by atoms with Crippen molar-refractivity contribution >= 4 is 11.9 Å². The smallest absolute Gasteiger partial charge is 0.326 e. The molecule has 0 aliphatic rings. The Bertz CT molecular complexity index is 372. The van der Waals surface area contributed by atoms with E-state index in [9.17, 15) is 9.59 Å². The Hall–Kier alpha value is -1.85. The lowest BCUT2D eigenvalue weighted by Gasteiger charge is -2.10. The number of aromatic nitrogens is 1. The zero-order chi connectivity index (χ0) is 11.4. The Kier molecular flexibility index (Phi) is 3.43. The second kappa shape index (κ2) is 4.59. The van der Waals surface area contributed by atoms with Gasteiger partial charge in [0.1, 0.15) is 6.04 Å². The van der Waals surface area contributed by atoms with Crippen LogP contribution >= 0.6 is 0 Å². The highest BCUT2D eigenvalue weighted by molar-refractivity contribution is 5.95. The number of aliphatic carboxylic acids is 1. The normalized spacial score (nSPS) is 12.1. The van der Waals surface area contributed by atoms with E-state index in [1.54, 1.807) is 13.8 Å². The van der Waals surface area contributed by atoms with Gasteiger partial charge in [-0.15, -0.1) is 0 Å². The number of hydrogen-bond acceptors (Lipinski definition) is 4. The van der Waals surface area contributed by atoms with Gasteiger partial charge in [-0.25, -0.2) is 4.79 Å². The Labute approximate surface area is 86.3 Å². The van der Waals surface area contributed by atoms with Gasteiger partial charge >= 0.3 is 5.97 Å². The van der Waals surface area contributed by atoms with Crippen molar-refractivity contribution in [1.82, 2.24) is 10.5 Å². The Morgan fingerprint density at radius 2 is 2.33 bits per heavy atom. The Balaban J connectivity index is 2.71. The van der Waals surface area contributed by atoms with E-state index in [-0.39, 0.29) is 5.76 Å². The van der Waals surface area contributed by atoms with Crippen LogP contribution in [0, 0.1) is 6.92 Å². The number of amides is 1. The molecule has 1 aromatic rings. The molecule has 0 fully saturated rings. The number of carboxylic acids is 1. The van der Waals surface area contributed by atoms with Crippen LogP contribution < -0.4 is 5.32 Å². The van der Waals surface area contributed by atoms with Crippen molar-refractivity contribution in [3.63, 3.8) is 0 Å². The average Bonchev–Trinajstić information content (AvgIpc) is 2.60. The highest BCUT2D eigenvalue weighted by atomic mass is 16.5. The molecule has 1 amide bonds. The van der Waals surface area contributed by atoms with Crippen LogP contribution in [0.4, 0.5) is 0 Å². The van der Waals surface area contributed by atoms with Gasteiger partial charge in [-0.2, -0.15) is 0 Å². The maximum Gasteiger partial charge on any atom is 0.326 e. The van der Waals surface area contributed by atoms with E-state index < -0.39 is 17.9 Å². The third-order valence-corrected chi connectivity index (χ3v) is 1.97. The van der Waals surface area contributed by atoms with Crippen molar-refractivity contribution in [3.8, 4) is 0 Å². The summed E-state index contributed by atoms with van der Waals surface area (Å²) in [4.78, 5) is 22.2. The lowest BCUT2D eigenvalue weighted by molar-refractivity contribution is -0.139. The van der Waals surface area contributed by atoms with Crippen molar-refractivity contribution < 1.29 is 19.2 Å². The largest absolute Gasteiger partial charge is 0.480 e. The van der Waals surface area contributed by atoms with Gasteiger partial charge in [0.05, 0.1) is 6.20 Å².